The lowest BCUT2D eigenvalue weighted by molar-refractivity contribution is -0.128. The summed E-state index contributed by atoms with van der Waals surface area (Å²) >= 11 is 0. The van der Waals surface area contributed by atoms with E-state index >= 15 is 0 Å². The SMILES string of the molecule is NCCC(=O)c1ccccc1N1CC(=O)NCC1=O. The molecule has 1 aliphatic heterocycles. The number of amides is 2. The summed E-state index contributed by atoms with van der Waals surface area (Å²) in [5.74, 6) is -0.592. The largest absolute Gasteiger partial charge is 0.345 e. The van der Waals surface area contributed by atoms with Gasteiger partial charge in [-0.25, -0.2) is 0 Å². The summed E-state index contributed by atoms with van der Waals surface area (Å²) in [6, 6.07) is 6.77. The van der Waals surface area contributed by atoms with Crippen molar-refractivity contribution in [3.8, 4) is 0 Å². The minimum atomic E-state index is -0.235. The van der Waals surface area contributed by atoms with Crippen LogP contribution in [0.5, 0.6) is 0 Å². The second-order valence-electron chi connectivity index (χ2n) is 4.24. The predicted molar refractivity (Wildman–Crippen MR) is 69.8 cm³/mol. The molecule has 1 aliphatic rings. The van der Waals surface area contributed by atoms with Crippen LogP contribution < -0.4 is 16.0 Å². The summed E-state index contributed by atoms with van der Waals surface area (Å²) in [6.45, 7) is 0.144. The van der Waals surface area contributed by atoms with E-state index in [9.17, 15) is 14.4 Å². The Morgan fingerprint density at radius 3 is 2.79 bits per heavy atom. The van der Waals surface area contributed by atoms with Crippen molar-refractivity contribution in [2.45, 2.75) is 6.42 Å². The van der Waals surface area contributed by atoms with Gasteiger partial charge >= 0.3 is 0 Å². The van der Waals surface area contributed by atoms with Crippen LogP contribution in [0.15, 0.2) is 24.3 Å². The first-order valence-corrected chi connectivity index (χ1v) is 6.03. The number of hydrogen-bond acceptors (Lipinski definition) is 4. The van der Waals surface area contributed by atoms with Crippen molar-refractivity contribution in [3.63, 3.8) is 0 Å². The van der Waals surface area contributed by atoms with Gasteiger partial charge in [0.05, 0.1) is 12.2 Å². The van der Waals surface area contributed by atoms with Gasteiger partial charge in [-0.2, -0.15) is 0 Å². The highest BCUT2D eigenvalue weighted by atomic mass is 16.2. The molecule has 0 spiro atoms. The quantitative estimate of drug-likeness (QED) is 0.727. The van der Waals surface area contributed by atoms with E-state index in [0.29, 0.717) is 11.3 Å². The Hall–Kier alpha value is -2.21. The fourth-order valence-electron chi connectivity index (χ4n) is 1.99. The molecule has 1 saturated heterocycles. The Bertz CT molecular complexity index is 528. The number of piperazine rings is 1. The number of nitrogens with zero attached hydrogens (tertiary/aromatic N) is 1. The number of carbonyl (C=O) groups excluding carboxylic acids is 3. The van der Waals surface area contributed by atoms with Crippen molar-refractivity contribution in [1.82, 2.24) is 5.32 Å². The lowest BCUT2D eigenvalue weighted by Crippen LogP contribution is -2.52. The normalized spacial score (nSPS) is 15.3. The Kier molecular flexibility index (Phi) is 3.91. The monoisotopic (exact) mass is 261 g/mol. The first kappa shape index (κ1) is 13.2. The van der Waals surface area contributed by atoms with Crippen molar-refractivity contribution in [2.75, 3.05) is 24.5 Å². The van der Waals surface area contributed by atoms with Crippen LogP contribution in [0, 0.1) is 0 Å². The van der Waals surface area contributed by atoms with Gasteiger partial charge in [-0.15, -0.1) is 0 Å². The van der Waals surface area contributed by atoms with Gasteiger partial charge in [0.1, 0.15) is 6.54 Å². The van der Waals surface area contributed by atoms with Gasteiger partial charge < -0.3 is 16.0 Å². The summed E-state index contributed by atoms with van der Waals surface area (Å²) in [5, 5.41) is 2.47. The Balaban J connectivity index is 2.35. The summed E-state index contributed by atoms with van der Waals surface area (Å²) in [7, 11) is 0. The van der Waals surface area contributed by atoms with Crippen LogP contribution in [0.1, 0.15) is 16.8 Å². The number of anilines is 1. The smallest absolute Gasteiger partial charge is 0.246 e. The standard InChI is InChI=1S/C13H15N3O3/c14-6-5-11(17)9-3-1-2-4-10(9)16-8-12(18)15-7-13(16)19/h1-4H,5-8,14H2,(H,15,18). The number of hydrogen-bond donors (Lipinski definition) is 2. The molecule has 1 aromatic carbocycles. The van der Waals surface area contributed by atoms with Crippen molar-refractivity contribution in [2.24, 2.45) is 5.73 Å². The molecular formula is C13H15N3O3. The van der Waals surface area contributed by atoms with Crippen molar-refractivity contribution >= 4 is 23.3 Å². The second kappa shape index (κ2) is 5.62. The van der Waals surface area contributed by atoms with Gasteiger partial charge in [-0.1, -0.05) is 12.1 Å². The third-order valence-corrected chi connectivity index (χ3v) is 2.91. The van der Waals surface area contributed by atoms with Crippen LogP contribution in [-0.4, -0.2) is 37.2 Å². The van der Waals surface area contributed by atoms with Gasteiger partial charge in [-0.05, 0) is 18.7 Å². The highest BCUT2D eigenvalue weighted by Gasteiger charge is 2.27. The Morgan fingerprint density at radius 1 is 1.32 bits per heavy atom. The minimum absolute atomic E-state index is 0.0434. The van der Waals surface area contributed by atoms with Gasteiger partial charge in [0.2, 0.25) is 11.8 Å². The maximum atomic E-state index is 12.0. The van der Waals surface area contributed by atoms with Gasteiger partial charge in [0.15, 0.2) is 5.78 Å². The van der Waals surface area contributed by atoms with Crippen molar-refractivity contribution < 1.29 is 14.4 Å². The molecule has 2 rings (SSSR count). The number of carbonyl (C=O) groups is 3. The van der Waals surface area contributed by atoms with E-state index in [0.717, 1.165) is 0 Å². The van der Waals surface area contributed by atoms with E-state index in [4.69, 9.17) is 5.73 Å². The number of benzene rings is 1. The molecular weight excluding hydrogens is 246 g/mol. The highest BCUT2D eigenvalue weighted by molar-refractivity contribution is 6.10. The van der Waals surface area contributed by atoms with Crippen molar-refractivity contribution in [1.29, 1.82) is 0 Å². The molecule has 100 valence electrons. The van der Waals surface area contributed by atoms with E-state index in [-0.39, 0.29) is 43.7 Å². The number of rotatable bonds is 4. The minimum Gasteiger partial charge on any atom is -0.345 e. The number of nitrogens with one attached hydrogen (secondary N) is 1. The van der Waals surface area contributed by atoms with Gasteiger partial charge in [0.25, 0.3) is 0 Å². The highest BCUT2D eigenvalue weighted by Crippen LogP contribution is 2.22. The number of nitrogens with two attached hydrogens (primary N) is 1. The van der Waals surface area contributed by atoms with Crippen LogP contribution in [0.3, 0.4) is 0 Å². The van der Waals surface area contributed by atoms with Gasteiger partial charge in [-0.3, -0.25) is 14.4 Å². The molecule has 0 aromatic heterocycles. The number of Topliss-reactive ketones (excluding diaryl/α,β-unsaturated/α-hetero) is 1. The molecule has 19 heavy (non-hydrogen) atoms. The molecule has 1 heterocycles. The fraction of sp³-hybridized carbons (Fsp3) is 0.308. The maximum Gasteiger partial charge on any atom is 0.246 e. The van der Waals surface area contributed by atoms with E-state index in [2.05, 4.69) is 5.32 Å². The molecule has 0 saturated carbocycles. The second-order valence-corrected chi connectivity index (χ2v) is 4.24. The molecule has 6 heteroatoms. The zero-order chi connectivity index (χ0) is 13.8. The first-order chi connectivity index (χ1) is 9.13. The van der Waals surface area contributed by atoms with Crippen LogP contribution >= 0.6 is 0 Å². The molecule has 6 nitrogen and oxygen atoms in total. The lowest BCUT2D eigenvalue weighted by atomic mass is 10.0. The number of para-hydroxylation sites is 1. The summed E-state index contributed by atoms with van der Waals surface area (Å²) in [4.78, 5) is 36.6. The molecule has 1 aromatic rings. The fourth-order valence-corrected chi connectivity index (χ4v) is 1.99. The van der Waals surface area contributed by atoms with Crippen LogP contribution in [0.25, 0.3) is 0 Å². The molecule has 3 N–H and O–H groups in total. The van der Waals surface area contributed by atoms with Crippen molar-refractivity contribution in [3.05, 3.63) is 29.8 Å². The molecule has 0 radical (unpaired) electrons. The zero-order valence-electron chi connectivity index (χ0n) is 10.4. The van der Waals surface area contributed by atoms with E-state index in [1.165, 1.54) is 4.90 Å². The van der Waals surface area contributed by atoms with Gasteiger partial charge in [0, 0.05) is 12.0 Å². The van der Waals surface area contributed by atoms with E-state index in [1.807, 2.05) is 0 Å². The summed E-state index contributed by atoms with van der Waals surface area (Å²) in [6.07, 6.45) is 0.214. The average molecular weight is 261 g/mol. The predicted octanol–water partition coefficient (Wildman–Crippen LogP) is -0.319. The maximum absolute atomic E-state index is 12.0. The van der Waals surface area contributed by atoms with E-state index < -0.39 is 0 Å². The zero-order valence-corrected chi connectivity index (χ0v) is 10.4. The lowest BCUT2D eigenvalue weighted by Gasteiger charge is -2.28. The third kappa shape index (κ3) is 2.79. The van der Waals surface area contributed by atoms with Crippen LogP contribution in [0.2, 0.25) is 0 Å². The molecule has 0 atom stereocenters. The third-order valence-electron chi connectivity index (χ3n) is 2.91. The molecule has 0 unspecified atom stereocenters. The summed E-state index contributed by atoms with van der Waals surface area (Å²) < 4.78 is 0. The van der Waals surface area contributed by atoms with E-state index in [1.54, 1.807) is 24.3 Å². The Morgan fingerprint density at radius 2 is 2.05 bits per heavy atom. The average Bonchev–Trinajstić information content (AvgIpc) is 2.42. The Labute approximate surface area is 110 Å². The molecule has 1 fully saturated rings. The molecule has 0 bridgehead atoms. The number of ketones is 1. The first-order valence-electron chi connectivity index (χ1n) is 6.03. The molecule has 0 aliphatic carbocycles. The van der Waals surface area contributed by atoms with Crippen LogP contribution in [-0.2, 0) is 9.59 Å². The topological polar surface area (TPSA) is 92.5 Å². The summed E-state index contributed by atoms with van der Waals surface area (Å²) in [5.41, 5.74) is 6.28. The molecule has 2 amide bonds. The van der Waals surface area contributed by atoms with Crippen LogP contribution in [0.4, 0.5) is 5.69 Å².